The Hall–Kier alpha value is -2.58. The molecule has 0 saturated heterocycles. The molecule has 0 aliphatic carbocycles. The van der Waals surface area contributed by atoms with Crippen LogP contribution in [0.15, 0.2) is 48.5 Å². The first-order chi connectivity index (χ1) is 17.0. The highest BCUT2D eigenvalue weighted by molar-refractivity contribution is 7.92. The second kappa shape index (κ2) is 13.7. The Balaban J connectivity index is 2.24. The zero-order chi connectivity index (χ0) is 26.9. The lowest BCUT2D eigenvalue weighted by Crippen LogP contribution is -2.50. The maximum atomic E-state index is 13.5. The molecule has 2 atom stereocenters. The summed E-state index contributed by atoms with van der Waals surface area (Å²) in [6, 6.07) is 13.8. The number of amides is 2. The number of benzene rings is 2. The number of aryl methyl sites for hydroxylation is 1. The normalized spacial score (nSPS) is 13.1. The van der Waals surface area contributed by atoms with Crippen molar-refractivity contribution in [3.8, 4) is 0 Å². The first-order valence-electron chi connectivity index (χ1n) is 12.4. The van der Waals surface area contributed by atoms with Crippen LogP contribution < -0.4 is 9.62 Å². The number of halogens is 1. The van der Waals surface area contributed by atoms with Gasteiger partial charge in [0.2, 0.25) is 21.8 Å². The van der Waals surface area contributed by atoms with Gasteiger partial charge in [0.05, 0.1) is 11.9 Å². The summed E-state index contributed by atoms with van der Waals surface area (Å²) in [5.74, 6) is -0.366. The lowest BCUT2D eigenvalue weighted by atomic mass is 10.0. The van der Waals surface area contributed by atoms with Crippen LogP contribution in [-0.2, 0) is 26.2 Å². The quantitative estimate of drug-likeness (QED) is 0.394. The van der Waals surface area contributed by atoms with Gasteiger partial charge in [-0.3, -0.25) is 13.9 Å². The van der Waals surface area contributed by atoms with Crippen LogP contribution in [0.1, 0.15) is 57.6 Å². The number of rotatable bonds is 13. The predicted molar refractivity (Wildman–Crippen MR) is 147 cm³/mol. The van der Waals surface area contributed by atoms with E-state index in [0.29, 0.717) is 30.1 Å². The van der Waals surface area contributed by atoms with E-state index in [1.54, 1.807) is 29.2 Å². The first kappa shape index (κ1) is 29.6. The number of carbonyl (C=O) groups excluding carboxylic acids is 2. The predicted octanol–water partition coefficient (Wildman–Crippen LogP) is 4.92. The van der Waals surface area contributed by atoms with Crippen LogP contribution in [-0.4, -0.2) is 50.0 Å². The van der Waals surface area contributed by atoms with Crippen LogP contribution in [0.5, 0.6) is 0 Å². The summed E-state index contributed by atoms with van der Waals surface area (Å²) in [6.45, 7) is 8.24. The van der Waals surface area contributed by atoms with Crippen molar-refractivity contribution in [3.05, 3.63) is 64.7 Å². The molecule has 2 aromatic rings. The number of hydrogen-bond donors (Lipinski definition) is 1. The maximum Gasteiger partial charge on any atom is 0.243 e. The number of nitrogens with one attached hydrogen (secondary N) is 1. The molecule has 0 radical (unpaired) electrons. The second-order valence-corrected chi connectivity index (χ2v) is 11.5. The molecule has 0 spiro atoms. The highest BCUT2D eigenvalue weighted by atomic mass is 35.5. The van der Waals surface area contributed by atoms with Crippen molar-refractivity contribution in [2.45, 2.75) is 72.0 Å². The molecule has 0 fully saturated rings. The van der Waals surface area contributed by atoms with Crippen LogP contribution in [0.25, 0.3) is 0 Å². The third kappa shape index (κ3) is 8.52. The Morgan fingerprint density at radius 3 is 2.33 bits per heavy atom. The Kier molecular flexibility index (Phi) is 11.2. The van der Waals surface area contributed by atoms with Crippen molar-refractivity contribution in [1.29, 1.82) is 0 Å². The first-order valence-corrected chi connectivity index (χ1v) is 14.6. The van der Waals surface area contributed by atoms with Gasteiger partial charge in [-0.25, -0.2) is 8.42 Å². The van der Waals surface area contributed by atoms with Gasteiger partial charge in [-0.05, 0) is 62.4 Å². The van der Waals surface area contributed by atoms with Gasteiger partial charge in [-0.1, -0.05) is 55.8 Å². The monoisotopic (exact) mass is 535 g/mol. The molecule has 2 unspecified atom stereocenters. The van der Waals surface area contributed by atoms with Crippen molar-refractivity contribution in [1.82, 2.24) is 10.2 Å². The Labute approximate surface area is 220 Å². The Morgan fingerprint density at radius 1 is 1.06 bits per heavy atom. The summed E-state index contributed by atoms with van der Waals surface area (Å²) in [4.78, 5) is 28.2. The highest BCUT2D eigenvalue weighted by Gasteiger charge is 2.29. The van der Waals surface area contributed by atoms with E-state index in [1.807, 2.05) is 52.0 Å². The highest BCUT2D eigenvalue weighted by Crippen LogP contribution is 2.23. The Bertz CT molecular complexity index is 1140. The van der Waals surface area contributed by atoms with Gasteiger partial charge in [0.1, 0.15) is 6.04 Å². The summed E-state index contributed by atoms with van der Waals surface area (Å²) in [5.41, 5.74) is 2.46. The van der Waals surface area contributed by atoms with Crippen LogP contribution >= 0.6 is 11.6 Å². The van der Waals surface area contributed by atoms with Gasteiger partial charge >= 0.3 is 0 Å². The van der Waals surface area contributed by atoms with E-state index in [-0.39, 0.29) is 30.8 Å². The van der Waals surface area contributed by atoms with E-state index < -0.39 is 16.1 Å². The number of sulfonamides is 1. The Morgan fingerprint density at radius 2 is 1.75 bits per heavy atom. The smallest absolute Gasteiger partial charge is 0.243 e. The minimum Gasteiger partial charge on any atom is -0.352 e. The standard InChI is InChI=1S/C27H38ClN3O4S/c1-6-21(4)29-27(33)25(7-2)30(19-22-13-9-8-12-20(22)3)26(32)16-11-17-31(36(5,34)35)24-15-10-14-23(28)18-24/h8-10,12-15,18,21,25H,6-7,11,16-17,19H2,1-5H3,(H,29,33). The molecule has 0 aliphatic rings. The van der Waals surface area contributed by atoms with Gasteiger partial charge in [-0.2, -0.15) is 0 Å². The maximum absolute atomic E-state index is 13.5. The molecule has 36 heavy (non-hydrogen) atoms. The fourth-order valence-corrected chi connectivity index (χ4v) is 5.11. The average Bonchev–Trinajstić information content (AvgIpc) is 2.81. The molecule has 0 bridgehead atoms. The van der Waals surface area contributed by atoms with E-state index >= 15 is 0 Å². The molecule has 0 aliphatic heterocycles. The van der Waals surface area contributed by atoms with Crippen molar-refractivity contribution in [3.63, 3.8) is 0 Å². The molecule has 1 N–H and O–H groups in total. The van der Waals surface area contributed by atoms with Gasteiger partial charge in [-0.15, -0.1) is 0 Å². The van der Waals surface area contributed by atoms with Crippen molar-refractivity contribution in [2.24, 2.45) is 0 Å². The zero-order valence-electron chi connectivity index (χ0n) is 21.8. The summed E-state index contributed by atoms with van der Waals surface area (Å²) in [7, 11) is -3.57. The number of nitrogens with zero attached hydrogens (tertiary/aromatic N) is 2. The fourth-order valence-electron chi connectivity index (χ4n) is 3.97. The summed E-state index contributed by atoms with van der Waals surface area (Å²) in [6.07, 6.45) is 2.79. The SMILES string of the molecule is CCC(C)NC(=O)C(CC)N(Cc1ccccc1C)C(=O)CCCN(c1cccc(Cl)c1)S(C)(=O)=O. The summed E-state index contributed by atoms with van der Waals surface area (Å²) in [5, 5.41) is 3.43. The van der Waals surface area contributed by atoms with Gasteiger partial charge < -0.3 is 10.2 Å². The molecule has 2 aromatic carbocycles. The molecule has 0 heterocycles. The second-order valence-electron chi connectivity index (χ2n) is 9.11. The largest absolute Gasteiger partial charge is 0.352 e. The lowest BCUT2D eigenvalue weighted by molar-refractivity contribution is -0.141. The fraction of sp³-hybridized carbons (Fsp3) is 0.481. The molecule has 0 saturated carbocycles. The molecule has 2 rings (SSSR count). The van der Waals surface area contributed by atoms with E-state index in [4.69, 9.17) is 11.6 Å². The van der Waals surface area contributed by atoms with Gasteiger partial charge in [0.25, 0.3) is 0 Å². The van der Waals surface area contributed by atoms with E-state index in [9.17, 15) is 18.0 Å². The third-order valence-electron chi connectivity index (χ3n) is 6.24. The molecule has 2 amide bonds. The van der Waals surface area contributed by atoms with Gasteiger partial charge in [0, 0.05) is 30.6 Å². The lowest BCUT2D eigenvalue weighted by Gasteiger charge is -2.32. The van der Waals surface area contributed by atoms with Crippen LogP contribution in [0.2, 0.25) is 5.02 Å². The topological polar surface area (TPSA) is 86.8 Å². The van der Waals surface area contributed by atoms with Gasteiger partial charge in [0.15, 0.2) is 0 Å². The zero-order valence-corrected chi connectivity index (χ0v) is 23.4. The number of hydrogen-bond acceptors (Lipinski definition) is 4. The van der Waals surface area contributed by atoms with E-state index in [0.717, 1.165) is 23.8 Å². The van der Waals surface area contributed by atoms with Crippen LogP contribution in [0.3, 0.4) is 0 Å². The van der Waals surface area contributed by atoms with Crippen molar-refractivity contribution < 1.29 is 18.0 Å². The molecule has 198 valence electrons. The van der Waals surface area contributed by atoms with E-state index in [2.05, 4.69) is 5.32 Å². The molecule has 7 nitrogen and oxygen atoms in total. The van der Waals surface area contributed by atoms with Crippen LogP contribution in [0.4, 0.5) is 5.69 Å². The van der Waals surface area contributed by atoms with Crippen molar-refractivity contribution >= 4 is 39.1 Å². The average molecular weight is 536 g/mol. The number of anilines is 1. The third-order valence-corrected chi connectivity index (χ3v) is 7.67. The van der Waals surface area contributed by atoms with E-state index in [1.165, 1.54) is 4.31 Å². The molecular weight excluding hydrogens is 498 g/mol. The molecule has 9 heteroatoms. The minimum absolute atomic E-state index is 0.00276. The summed E-state index contributed by atoms with van der Waals surface area (Å²) >= 11 is 6.06. The molecular formula is C27H38ClN3O4S. The minimum atomic E-state index is -3.57. The summed E-state index contributed by atoms with van der Waals surface area (Å²) < 4.78 is 26.1. The van der Waals surface area contributed by atoms with Crippen LogP contribution in [0, 0.1) is 6.92 Å². The number of carbonyl (C=O) groups is 2. The van der Waals surface area contributed by atoms with Crippen molar-refractivity contribution in [2.75, 3.05) is 17.1 Å². The molecule has 0 aromatic heterocycles.